The van der Waals surface area contributed by atoms with Crippen molar-refractivity contribution in [2.45, 2.75) is 12.5 Å². The van der Waals surface area contributed by atoms with E-state index in [-0.39, 0.29) is 24.3 Å². The van der Waals surface area contributed by atoms with Gasteiger partial charge in [0.25, 0.3) is 0 Å². The van der Waals surface area contributed by atoms with Gasteiger partial charge in [-0.25, -0.2) is 0 Å². The second-order valence-electron chi connectivity index (χ2n) is 7.48. The first-order valence-corrected chi connectivity index (χ1v) is 10.0. The van der Waals surface area contributed by atoms with E-state index in [2.05, 4.69) is 5.32 Å². The molecule has 3 heterocycles. The molecule has 0 radical (unpaired) electrons. The van der Waals surface area contributed by atoms with Gasteiger partial charge in [-0.3, -0.25) is 9.59 Å². The van der Waals surface area contributed by atoms with E-state index < -0.39 is 5.92 Å². The number of para-hydroxylation sites is 2. The van der Waals surface area contributed by atoms with Crippen LogP contribution in [-0.4, -0.2) is 50.8 Å². The minimum atomic E-state index is -0.414. The molecule has 156 valence electrons. The smallest absolute Gasteiger partial charge is 0.227 e. The molecule has 0 spiro atoms. The Kier molecular flexibility index (Phi) is 4.82. The Balaban J connectivity index is 1.18. The molecule has 0 bridgehead atoms. The number of hydrogen-bond donors (Lipinski definition) is 1. The van der Waals surface area contributed by atoms with Gasteiger partial charge in [0.2, 0.25) is 11.8 Å². The lowest BCUT2D eigenvalue weighted by Gasteiger charge is -2.27. The Morgan fingerprint density at radius 2 is 1.77 bits per heavy atom. The molecule has 0 aromatic heterocycles. The molecule has 8 nitrogen and oxygen atoms in total. The Morgan fingerprint density at radius 3 is 2.63 bits per heavy atom. The summed E-state index contributed by atoms with van der Waals surface area (Å²) in [4.78, 5) is 26.8. The molecule has 2 atom stereocenters. The summed E-state index contributed by atoms with van der Waals surface area (Å²) in [5.41, 5.74) is 0.708. The predicted octanol–water partition coefficient (Wildman–Crippen LogP) is 1.77. The van der Waals surface area contributed by atoms with Crippen molar-refractivity contribution in [3.05, 3.63) is 42.5 Å². The van der Waals surface area contributed by atoms with Crippen LogP contribution in [0.1, 0.15) is 6.42 Å². The zero-order chi connectivity index (χ0) is 20.5. The van der Waals surface area contributed by atoms with Gasteiger partial charge in [-0.05, 0) is 24.3 Å². The van der Waals surface area contributed by atoms with Crippen molar-refractivity contribution in [2.24, 2.45) is 5.92 Å². The maximum Gasteiger partial charge on any atom is 0.227 e. The summed E-state index contributed by atoms with van der Waals surface area (Å²) in [6.07, 6.45) is -0.0969. The maximum atomic E-state index is 12.7. The molecule has 0 saturated carbocycles. The van der Waals surface area contributed by atoms with Crippen LogP contribution >= 0.6 is 0 Å². The fraction of sp³-hybridized carbons (Fsp3) is 0.364. The summed E-state index contributed by atoms with van der Waals surface area (Å²) in [5, 5.41) is 2.90. The number of rotatable bonds is 4. The number of anilines is 1. The SMILES string of the molecule is O=C(NCC1COc2ccccc2O1)C1CC(=O)N(c2ccc3c(c2)OCCO3)C1. The lowest BCUT2D eigenvalue weighted by Crippen LogP contribution is -2.43. The number of amides is 2. The summed E-state index contributed by atoms with van der Waals surface area (Å²) >= 11 is 0. The molecule has 8 heteroatoms. The van der Waals surface area contributed by atoms with Crippen molar-refractivity contribution in [1.82, 2.24) is 5.32 Å². The van der Waals surface area contributed by atoms with Gasteiger partial charge in [-0.1, -0.05) is 12.1 Å². The number of carbonyl (C=O) groups is 2. The van der Waals surface area contributed by atoms with Gasteiger partial charge < -0.3 is 29.2 Å². The molecule has 1 fully saturated rings. The van der Waals surface area contributed by atoms with Gasteiger partial charge in [-0.15, -0.1) is 0 Å². The fourth-order valence-corrected chi connectivity index (χ4v) is 3.86. The van der Waals surface area contributed by atoms with Crippen LogP contribution in [0.5, 0.6) is 23.0 Å². The second kappa shape index (κ2) is 7.78. The lowest BCUT2D eigenvalue weighted by molar-refractivity contribution is -0.126. The normalized spacial score (nSPS) is 22.0. The largest absolute Gasteiger partial charge is 0.486 e. The van der Waals surface area contributed by atoms with Crippen LogP contribution in [0, 0.1) is 5.92 Å². The summed E-state index contributed by atoms with van der Waals surface area (Å²) in [6, 6.07) is 12.8. The standard InChI is InChI=1S/C22H22N2O6/c25-21-9-14(12-24(21)15-5-6-18-20(10-15)28-8-7-27-18)22(26)23-11-16-13-29-17-3-1-2-4-19(17)30-16/h1-6,10,14,16H,7-9,11-13H2,(H,23,26). The Hall–Kier alpha value is -3.42. The average molecular weight is 410 g/mol. The van der Waals surface area contributed by atoms with Crippen molar-refractivity contribution in [1.29, 1.82) is 0 Å². The second-order valence-corrected chi connectivity index (χ2v) is 7.48. The minimum absolute atomic E-state index is 0.0852. The van der Waals surface area contributed by atoms with E-state index in [4.69, 9.17) is 18.9 Å². The predicted molar refractivity (Wildman–Crippen MR) is 107 cm³/mol. The first-order chi connectivity index (χ1) is 14.7. The fourth-order valence-electron chi connectivity index (χ4n) is 3.86. The molecule has 3 aliphatic heterocycles. The van der Waals surface area contributed by atoms with Crippen molar-refractivity contribution >= 4 is 17.5 Å². The van der Waals surface area contributed by atoms with Crippen LogP contribution in [0.25, 0.3) is 0 Å². The number of fused-ring (bicyclic) bond motifs is 2. The van der Waals surface area contributed by atoms with Crippen LogP contribution < -0.4 is 29.2 Å². The molecule has 2 aromatic carbocycles. The van der Waals surface area contributed by atoms with E-state index in [1.807, 2.05) is 30.3 Å². The molecule has 2 unspecified atom stereocenters. The van der Waals surface area contributed by atoms with Crippen molar-refractivity contribution in [3.63, 3.8) is 0 Å². The lowest BCUT2D eigenvalue weighted by atomic mass is 10.1. The highest BCUT2D eigenvalue weighted by Crippen LogP contribution is 2.36. The number of nitrogens with zero attached hydrogens (tertiary/aromatic N) is 1. The van der Waals surface area contributed by atoms with E-state index in [1.165, 1.54) is 0 Å². The quantitative estimate of drug-likeness (QED) is 0.827. The number of ether oxygens (including phenoxy) is 4. The van der Waals surface area contributed by atoms with Crippen LogP contribution in [0.4, 0.5) is 5.69 Å². The van der Waals surface area contributed by atoms with Crippen molar-refractivity contribution in [3.8, 4) is 23.0 Å². The third kappa shape index (κ3) is 3.60. The topological polar surface area (TPSA) is 86.3 Å². The molecule has 5 rings (SSSR count). The number of carbonyl (C=O) groups excluding carboxylic acids is 2. The van der Waals surface area contributed by atoms with E-state index in [9.17, 15) is 9.59 Å². The van der Waals surface area contributed by atoms with Gasteiger partial charge >= 0.3 is 0 Å². The number of benzene rings is 2. The average Bonchev–Trinajstić information content (AvgIpc) is 3.18. The Labute approximate surface area is 173 Å². The highest BCUT2D eigenvalue weighted by atomic mass is 16.6. The van der Waals surface area contributed by atoms with Crippen LogP contribution in [0.15, 0.2) is 42.5 Å². The summed E-state index contributed by atoms with van der Waals surface area (Å²) in [7, 11) is 0. The Morgan fingerprint density at radius 1 is 1.00 bits per heavy atom. The summed E-state index contributed by atoms with van der Waals surface area (Å²) in [5.74, 6) is 2.00. The van der Waals surface area contributed by atoms with E-state index in [0.29, 0.717) is 61.6 Å². The van der Waals surface area contributed by atoms with Crippen LogP contribution in [-0.2, 0) is 9.59 Å². The molecule has 0 aliphatic carbocycles. The van der Waals surface area contributed by atoms with Crippen molar-refractivity contribution < 1.29 is 28.5 Å². The van der Waals surface area contributed by atoms with Gasteiger partial charge in [0.15, 0.2) is 23.0 Å². The van der Waals surface area contributed by atoms with E-state index in [0.717, 1.165) is 0 Å². The van der Waals surface area contributed by atoms with Crippen LogP contribution in [0.3, 0.4) is 0 Å². The first kappa shape index (κ1) is 18.6. The molecule has 3 aliphatic rings. The molecular formula is C22H22N2O6. The monoisotopic (exact) mass is 410 g/mol. The number of nitrogens with one attached hydrogen (secondary N) is 1. The summed E-state index contributed by atoms with van der Waals surface area (Å²) in [6.45, 7) is 2.01. The number of hydrogen-bond acceptors (Lipinski definition) is 6. The zero-order valence-electron chi connectivity index (χ0n) is 16.3. The third-order valence-electron chi connectivity index (χ3n) is 5.40. The van der Waals surface area contributed by atoms with Crippen molar-refractivity contribution in [2.75, 3.05) is 37.8 Å². The molecule has 1 N–H and O–H groups in total. The summed E-state index contributed by atoms with van der Waals surface area (Å²) < 4.78 is 22.7. The Bertz CT molecular complexity index is 978. The maximum absolute atomic E-state index is 12.7. The van der Waals surface area contributed by atoms with Gasteiger partial charge in [0.05, 0.1) is 12.5 Å². The third-order valence-corrected chi connectivity index (χ3v) is 5.40. The van der Waals surface area contributed by atoms with E-state index in [1.54, 1.807) is 17.0 Å². The minimum Gasteiger partial charge on any atom is -0.486 e. The van der Waals surface area contributed by atoms with Crippen LogP contribution in [0.2, 0.25) is 0 Å². The molecule has 30 heavy (non-hydrogen) atoms. The van der Waals surface area contributed by atoms with E-state index >= 15 is 0 Å². The highest BCUT2D eigenvalue weighted by molar-refractivity contribution is 6.00. The van der Waals surface area contributed by atoms with Gasteiger partial charge in [0, 0.05) is 24.7 Å². The molecule has 2 amide bonds. The van der Waals surface area contributed by atoms with Gasteiger partial charge in [0.1, 0.15) is 25.9 Å². The molecular weight excluding hydrogens is 388 g/mol. The first-order valence-electron chi connectivity index (χ1n) is 10.0. The van der Waals surface area contributed by atoms with Gasteiger partial charge in [-0.2, -0.15) is 0 Å². The molecule has 1 saturated heterocycles. The zero-order valence-corrected chi connectivity index (χ0v) is 16.3. The highest BCUT2D eigenvalue weighted by Gasteiger charge is 2.36. The molecule has 2 aromatic rings.